The van der Waals surface area contributed by atoms with Crippen molar-refractivity contribution in [2.75, 3.05) is 17.3 Å². The average molecular weight is 400 g/mol. The van der Waals surface area contributed by atoms with Crippen molar-refractivity contribution in [3.8, 4) is 5.75 Å². The lowest BCUT2D eigenvalue weighted by atomic mass is 10.1. The number of rotatable bonds is 5. The summed E-state index contributed by atoms with van der Waals surface area (Å²) in [7, 11) is 1.70. The molecule has 152 valence electrons. The largest absolute Gasteiger partial charge is 0.497 e. The molecule has 4 aromatic rings. The molecule has 2 aromatic carbocycles. The summed E-state index contributed by atoms with van der Waals surface area (Å²) in [6.07, 6.45) is 2.69. The van der Waals surface area contributed by atoms with Gasteiger partial charge in [-0.3, -0.25) is 5.10 Å². The van der Waals surface area contributed by atoms with Gasteiger partial charge in [0.25, 0.3) is 0 Å². The molecule has 2 aromatic heterocycles. The normalized spacial score (nSPS) is 13.0. The Morgan fingerprint density at radius 2 is 1.97 bits per heavy atom. The summed E-state index contributed by atoms with van der Waals surface area (Å²) in [5.41, 5.74) is 6.68. The zero-order valence-electron chi connectivity index (χ0n) is 17.4. The van der Waals surface area contributed by atoms with Crippen molar-refractivity contribution in [2.45, 2.75) is 33.4 Å². The standard InChI is InChI=1S/C23H24N6O/c1-4-20-14(2)25-23(29-12-15-5-7-19(30-3)10-17(15)13-29)27-22(20)26-18-6-8-21-16(9-18)11-24-28-21/h5-11H,4,12-13H2,1-3H3,(H,24,28)(H,25,26,27). The number of nitrogens with one attached hydrogen (secondary N) is 2. The first-order chi connectivity index (χ1) is 14.6. The van der Waals surface area contributed by atoms with Gasteiger partial charge in [-0.05, 0) is 54.8 Å². The zero-order chi connectivity index (χ0) is 20.7. The number of fused-ring (bicyclic) bond motifs is 2. The van der Waals surface area contributed by atoms with Gasteiger partial charge in [-0.1, -0.05) is 13.0 Å². The van der Waals surface area contributed by atoms with Gasteiger partial charge in [0, 0.05) is 35.4 Å². The van der Waals surface area contributed by atoms with Crippen LogP contribution in [0.25, 0.3) is 10.9 Å². The summed E-state index contributed by atoms with van der Waals surface area (Å²) in [6, 6.07) is 12.4. The molecule has 0 fully saturated rings. The van der Waals surface area contributed by atoms with Crippen LogP contribution < -0.4 is 15.0 Å². The summed E-state index contributed by atoms with van der Waals surface area (Å²) in [5, 5.41) is 11.7. The molecule has 5 rings (SSSR count). The Hall–Kier alpha value is -3.61. The maximum atomic E-state index is 5.37. The van der Waals surface area contributed by atoms with Crippen LogP contribution in [0.5, 0.6) is 5.75 Å². The minimum absolute atomic E-state index is 0.742. The average Bonchev–Trinajstić information content (AvgIpc) is 3.39. The number of methoxy groups -OCH3 is 1. The number of anilines is 3. The topological polar surface area (TPSA) is 79.0 Å². The number of hydrogen-bond donors (Lipinski definition) is 2. The summed E-state index contributed by atoms with van der Waals surface area (Å²) < 4.78 is 5.37. The lowest BCUT2D eigenvalue weighted by molar-refractivity contribution is 0.414. The first kappa shape index (κ1) is 18.4. The van der Waals surface area contributed by atoms with Crippen LogP contribution in [0.4, 0.5) is 17.5 Å². The second kappa shape index (κ2) is 7.33. The number of aryl methyl sites for hydroxylation is 1. The van der Waals surface area contributed by atoms with Gasteiger partial charge in [-0.2, -0.15) is 10.1 Å². The third kappa shape index (κ3) is 3.22. The van der Waals surface area contributed by atoms with Gasteiger partial charge in [-0.25, -0.2) is 4.98 Å². The molecule has 30 heavy (non-hydrogen) atoms. The molecule has 0 aliphatic carbocycles. The van der Waals surface area contributed by atoms with Gasteiger partial charge in [0.1, 0.15) is 11.6 Å². The van der Waals surface area contributed by atoms with Crippen molar-refractivity contribution in [1.82, 2.24) is 20.2 Å². The SMILES string of the molecule is CCc1c(C)nc(N2Cc3ccc(OC)cc3C2)nc1Nc1ccc2[nH]ncc2c1. The molecule has 3 heterocycles. The number of nitrogens with zero attached hydrogens (tertiary/aromatic N) is 4. The van der Waals surface area contributed by atoms with Crippen LogP contribution in [0, 0.1) is 6.92 Å². The highest BCUT2D eigenvalue weighted by Gasteiger charge is 2.23. The predicted molar refractivity (Wildman–Crippen MR) is 118 cm³/mol. The third-order valence-corrected chi connectivity index (χ3v) is 5.68. The second-order valence-corrected chi connectivity index (χ2v) is 7.58. The predicted octanol–water partition coefficient (Wildman–Crippen LogP) is 4.50. The van der Waals surface area contributed by atoms with Gasteiger partial charge in [0.05, 0.1) is 18.8 Å². The summed E-state index contributed by atoms with van der Waals surface area (Å²) in [5.74, 6) is 2.48. The molecule has 0 saturated heterocycles. The molecule has 0 atom stereocenters. The van der Waals surface area contributed by atoms with E-state index in [-0.39, 0.29) is 0 Å². The molecule has 1 aliphatic heterocycles. The Kier molecular flexibility index (Phi) is 4.50. The van der Waals surface area contributed by atoms with Crippen LogP contribution in [-0.2, 0) is 19.5 Å². The molecular weight excluding hydrogens is 376 g/mol. The van der Waals surface area contributed by atoms with Crippen LogP contribution in [0.2, 0.25) is 0 Å². The van der Waals surface area contributed by atoms with Gasteiger partial charge in [0.15, 0.2) is 0 Å². The maximum Gasteiger partial charge on any atom is 0.228 e. The lowest BCUT2D eigenvalue weighted by Gasteiger charge is -2.20. The van der Waals surface area contributed by atoms with E-state index in [9.17, 15) is 0 Å². The first-order valence-corrected chi connectivity index (χ1v) is 10.1. The van der Waals surface area contributed by atoms with Gasteiger partial charge < -0.3 is 15.0 Å². The molecule has 0 bridgehead atoms. The van der Waals surface area contributed by atoms with E-state index in [0.29, 0.717) is 0 Å². The summed E-state index contributed by atoms with van der Waals surface area (Å²) in [6.45, 7) is 5.76. The van der Waals surface area contributed by atoms with Gasteiger partial charge >= 0.3 is 0 Å². The van der Waals surface area contributed by atoms with Crippen molar-refractivity contribution in [2.24, 2.45) is 0 Å². The van der Waals surface area contributed by atoms with E-state index in [2.05, 4.69) is 52.5 Å². The van der Waals surface area contributed by atoms with Crippen molar-refractivity contribution >= 4 is 28.4 Å². The fraction of sp³-hybridized carbons (Fsp3) is 0.261. The van der Waals surface area contributed by atoms with E-state index in [1.807, 2.05) is 24.4 Å². The van der Waals surface area contributed by atoms with Crippen LogP contribution in [0.15, 0.2) is 42.6 Å². The number of aromatic amines is 1. The van der Waals surface area contributed by atoms with E-state index in [0.717, 1.165) is 64.9 Å². The fourth-order valence-corrected chi connectivity index (χ4v) is 4.05. The minimum Gasteiger partial charge on any atom is -0.497 e. The summed E-state index contributed by atoms with van der Waals surface area (Å²) in [4.78, 5) is 12.0. The molecule has 0 spiro atoms. The van der Waals surface area contributed by atoms with E-state index < -0.39 is 0 Å². The monoisotopic (exact) mass is 400 g/mol. The Bertz CT molecular complexity index is 1230. The van der Waals surface area contributed by atoms with Crippen molar-refractivity contribution < 1.29 is 4.74 Å². The van der Waals surface area contributed by atoms with Gasteiger partial charge in [0.2, 0.25) is 5.95 Å². The highest BCUT2D eigenvalue weighted by Crippen LogP contribution is 2.31. The van der Waals surface area contributed by atoms with E-state index >= 15 is 0 Å². The zero-order valence-corrected chi connectivity index (χ0v) is 17.4. The molecule has 0 radical (unpaired) electrons. The smallest absolute Gasteiger partial charge is 0.228 e. The molecule has 7 heteroatoms. The maximum absolute atomic E-state index is 5.37. The number of hydrogen-bond acceptors (Lipinski definition) is 6. The number of aromatic nitrogens is 4. The van der Waals surface area contributed by atoms with Crippen LogP contribution in [-0.4, -0.2) is 27.3 Å². The molecule has 0 amide bonds. The lowest BCUT2D eigenvalue weighted by Crippen LogP contribution is -2.19. The fourth-order valence-electron chi connectivity index (χ4n) is 4.05. The van der Waals surface area contributed by atoms with Crippen molar-refractivity contribution in [3.05, 3.63) is 65.0 Å². The van der Waals surface area contributed by atoms with Crippen molar-refractivity contribution in [3.63, 3.8) is 0 Å². The second-order valence-electron chi connectivity index (χ2n) is 7.58. The summed E-state index contributed by atoms with van der Waals surface area (Å²) >= 11 is 0. The molecule has 0 saturated carbocycles. The Morgan fingerprint density at radius 3 is 2.80 bits per heavy atom. The first-order valence-electron chi connectivity index (χ1n) is 10.1. The molecule has 1 aliphatic rings. The highest BCUT2D eigenvalue weighted by molar-refractivity contribution is 5.83. The van der Waals surface area contributed by atoms with E-state index in [1.54, 1.807) is 7.11 Å². The number of ether oxygens (including phenoxy) is 1. The van der Waals surface area contributed by atoms with Crippen LogP contribution in [0.3, 0.4) is 0 Å². The van der Waals surface area contributed by atoms with Crippen molar-refractivity contribution in [1.29, 1.82) is 0 Å². The number of H-pyrrole nitrogens is 1. The molecule has 2 N–H and O–H groups in total. The Balaban J connectivity index is 1.47. The highest BCUT2D eigenvalue weighted by atomic mass is 16.5. The Labute approximate surface area is 175 Å². The van der Waals surface area contributed by atoms with E-state index in [1.165, 1.54) is 11.1 Å². The number of benzene rings is 2. The Morgan fingerprint density at radius 1 is 1.10 bits per heavy atom. The quantitative estimate of drug-likeness (QED) is 0.514. The van der Waals surface area contributed by atoms with E-state index in [4.69, 9.17) is 14.7 Å². The van der Waals surface area contributed by atoms with Crippen LogP contribution in [0.1, 0.15) is 29.3 Å². The molecular formula is C23H24N6O. The molecule has 7 nitrogen and oxygen atoms in total. The van der Waals surface area contributed by atoms with Gasteiger partial charge in [-0.15, -0.1) is 0 Å². The minimum atomic E-state index is 0.742. The third-order valence-electron chi connectivity index (χ3n) is 5.68. The molecule has 0 unspecified atom stereocenters. The van der Waals surface area contributed by atoms with Crippen LogP contribution >= 0.6 is 0 Å².